The number of phosphoric ester groups is 1. The molecule has 3 N–H and O–H groups in total. The van der Waals surface area contributed by atoms with Gasteiger partial charge in [0.1, 0.15) is 12.7 Å². The third-order valence-electron chi connectivity index (χ3n) is 2.05. The maximum Gasteiger partial charge on any atom is 0.472 e. The van der Waals surface area contributed by atoms with Gasteiger partial charge in [0.2, 0.25) is 5.91 Å². The van der Waals surface area contributed by atoms with E-state index in [0.717, 1.165) is 0 Å². The highest BCUT2D eigenvalue weighted by molar-refractivity contribution is 7.47. The van der Waals surface area contributed by atoms with Gasteiger partial charge in [0.05, 0.1) is 13.2 Å². The van der Waals surface area contributed by atoms with Gasteiger partial charge >= 0.3 is 13.8 Å². The first-order chi connectivity index (χ1) is 9.76. The minimum absolute atomic E-state index is 0.0560. The molecule has 0 aliphatic rings. The van der Waals surface area contributed by atoms with Crippen molar-refractivity contribution in [2.75, 3.05) is 26.4 Å². The number of rotatable bonds is 11. The Kier molecular flexibility index (Phi) is 10.2. The fraction of sp³-hybridized carbons (Fsp3) is 0.818. The van der Waals surface area contributed by atoms with Gasteiger partial charge in [0.15, 0.2) is 0 Å². The molecule has 0 aromatic rings. The summed E-state index contributed by atoms with van der Waals surface area (Å²) in [6.45, 7) is 2.10. The van der Waals surface area contributed by atoms with Gasteiger partial charge in [-0.2, -0.15) is 0 Å². The highest BCUT2D eigenvalue weighted by Gasteiger charge is 2.23. The van der Waals surface area contributed by atoms with E-state index in [1.165, 1.54) is 6.92 Å². The molecule has 1 amide bonds. The predicted molar refractivity (Wildman–Crippen MR) is 72.3 cm³/mol. The molecular formula is C11H22NO8P. The number of esters is 1. The number of hydrogen-bond donors (Lipinski definition) is 3. The van der Waals surface area contributed by atoms with E-state index in [2.05, 4.69) is 14.4 Å². The normalized spacial score (nSPS) is 15.0. The Morgan fingerprint density at radius 3 is 2.52 bits per heavy atom. The molecule has 124 valence electrons. The quantitative estimate of drug-likeness (QED) is 0.274. The lowest BCUT2D eigenvalue weighted by molar-refractivity contribution is -0.147. The van der Waals surface area contributed by atoms with Crippen molar-refractivity contribution in [3.63, 3.8) is 0 Å². The van der Waals surface area contributed by atoms with Crippen LogP contribution in [0.3, 0.4) is 0 Å². The second kappa shape index (κ2) is 10.7. The van der Waals surface area contributed by atoms with Gasteiger partial charge in [-0.05, 0) is 6.42 Å². The largest absolute Gasteiger partial charge is 0.472 e. The zero-order chi connectivity index (χ0) is 16.3. The van der Waals surface area contributed by atoms with Crippen LogP contribution >= 0.6 is 7.82 Å². The van der Waals surface area contributed by atoms with Gasteiger partial charge in [0.25, 0.3) is 0 Å². The summed E-state index contributed by atoms with van der Waals surface area (Å²) in [6, 6.07) is 0. The van der Waals surface area contributed by atoms with E-state index in [4.69, 9.17) is 4.74 Å². The molecule has 0 aliphatic carbocycles. The summed E-state index contributed by atoms with van der Waals surface area (Å²) < 4.78 is 25.2. The fourth-order valence-corrected chi connectivity index (χ4v) is 1.88. The molecule has 0 aliphatic heterocycles. The molecule has 2 atom stereocenters. The van der Waals surface area contributed by atoms with E-state index in [0.29, 0.717) is 6.42 Å². The van der Waals surface area contributed by atoms with Gasteiger partial charge in [0, 0.05) is 19.9 Å². The van der Waals surface area contributed by atoms with Crippen molar-refractivity contribution in [1.82, 2.24) is 5.32 Å². The maximum absolute atomic E-state index is 11.4. The average molecular weight is 327 g/mol. The summed E-state index contributed by atoms with van der Waals surface area (Å²) in [4.78, 5) is 30.9. The fourth-order valence-electron chi connectivity index (χ4n) is 1.12. The first kappa shape index (κ1) is 20.0. The summed E-state index contributed by atoms with van der Waals surface area (Å²) in [5, 5.41) is 11.8. The highest BCUT2D eigenvalue weighted by atomic mass is 31.2. The van der Waals surface area contributed by atoms with E-state index in [9.17, 15) is 24.2 Å². The number of nitrogens with one attached hydrogen (secondary N) is 1. The van der Waals surface area contributed by atoms with Crippen LogP contribution in [0, 0.1) is 0 Å². The number of carbonyl (C=O) groups is 2. The second-order valence-corrected chi connectivity index (χ2v) is 5.62. The molecule has 0 heterocycles. The molecule has 0 aromatic heterocycles. The Hall–Kier alpha value is -0.990. The van der Waals surface area contributed by atoms with Crippen molar-refractivity contribution < 1.29 is 37.9 Å². The van der Waals surface area contributed by atoms with Gasteiger partial charge in [-0.1, -0.05) is 6.92 Å². The molecule has 0 saturated heterocycles. The minimum atomic E-state index is -4.32. The molecular weight excluding hydrogens is 305 g/mol. The highest BCUT2D eigenvalue weighted by Crippen LogP contribution is 2.42. The van der Waals surface area contributed by atoms with Crippen molar-refractivity contribution in [1.29, 1.82) is 0 Å². The van der Waals surface area contributed by atoms with Crippen molar-refractivity contribution in [3.8, 4) is 0 Å². The number of carbonyl (C=O) groups excluding carboxylic acids is 2. The van der Waals surface area contributed by atoms with Crippen LogP contribution in [0.4, 0.5) is 0 Å². The van der Waals surface area contributed by atoms with Crippen molar-refractivity contribution in [2.24, 2.45) is 0 Å². The van der Waals surface area contributed by atoms with E-state index < -0.39 is 26.5 Å². The molecule has 9 nitrogen and oxygen atoms in total. The Morgan fingerprint density at radius 2 is 1.95 bits per heavy atom. The number of amides is 1. The molecule has 0 aromatic carbocycles. The van der Waals surface area contributed by atoms with Gasteiger partial charge in [-0.3, -0.25) is 18.6 Å². The Labute approximate surface area is 123 Å². The van der Waals surface area contributed by atoms with Gasteiger partial charge < -0.3 is 20.1 Å². The first-order valence-electron chi connectivity index (χ1n) is 6.47. The number of aliphatic hydroxyl groups excluding tert-OH is 1. The van der Waals surface area contributed by atoms with Crippen LogP contribution in [-0.4, -0.2) is 54.3 Å². The van der Waals surface area contributed by atoms with Crippen LogP contribution in [0.5, 0.6) is 0 Å². The van der Waals surface area contributed by atoms with E-state index in [-0.39, 0.29) is 32.1 Å². The van der Waals surface area contributed by atoms with E-state index >= 15 is 0 Å². The second-order valence-electron chi connectivity index (χ2n) is 4.17. The topological polar surface area (TPSA) is 131 Å². The first-order valence-corrected chi connectivity index (χ1v) is 7.96. The van der Waals surface area contributed by atoms with E-state index in [1.807, 2.05) is 0 Å². The molecule has 0 radical (unpaired) electrons. The van der Waals surface area contributed by atoms with Crippen LogP contribution in [0.25, 0.3) is 0 Å². The molecule has 0 rings (SSSR count). The monoisotopic (exact) mass is 327 g/mol. The average Bonchev–Trinajstić information content (AvgIpc) is 2.39. The minimum Gasteiger partial charge on any atom is -0.463 e. The predicted octanol–water partition coefficient (Wildman–Crippen LogP) is -0.0397. The molecule has 0 saturated carbocycles. The lowest BCUT2D eigenvalue weighted by atomic mass is 10.3. The van der Waals surface area contributed by atoms with Gasteiger partial charge in [-0.15, -0.1) is 0 Å². The summed E-state index contributed by atoms with van der Waals surface area (Å²) in [7, 11) is -4.32. The lowest BCUT2D eigenvalue weighted by Crippen LogP contribution is -2.25. The SMILES string of the molecule is CCCC(=O)OCC(O)COP(=O)(O)OCCNC(C)=O. The van der Waals surface area contributed by atoms with Crippen LogP contribution < -0.4 is 5.32 Å². The number of ether oxygens (including phenoxy) is 1. The smallest absolute Gasteiger partial charge is 0.463 e. The van der Waals surface area contributed by atoms with Crippen LogP contribution in [0.2, 0.25) is 0 Å². The van der Waals surface area contributed by atoms with Crippen LogP contribution in [0.1, 0.15) is 26.7 Å². The lowest BCUT2D eigenvalue weighted by Gasteiger charge is -2.15. The molecule has 21 heavy (non-hydrogen) atoms. The third-order valence-corrected chi connectivity index (χ3v) is 3.04. The van der Waals surface area contributed by atoms with E-state index in [1.54, 1.807) is 6.92 Å². The summed E-state index contributed by atoms with van der Waals surface area (Å²) in [5.41, 5.74) is 0. The molecule has 10 heteroatoms. The zero-order valence-electron chi connectivity index (χ0n) is 12.1. The van der Waals surface area contributed by atoms with Crippen LogP contribution in [-0.2, 0) is 27.9 Å². The van der Waals surface area contributed by atoms with Crippen LogP contribution in [0.15, 0.2) is 0 Å². The standard InChI is InChI=1S/C11H22NO8P/c1-3-4-11(15)18-7-10(14)8-20-21(16,17)19-6-5-12-9(2)13/h10,14H,3-8H2,1-2H3,(H,12,13)(H,16,17). The molecule has 0 fully saturated rings. The molecule has 0 spiro atoms. The third kappa shape index (κ3) is 12.5. The zero-order valence-corrected chi connectivity index (χ0v) is 13.0. The van der Waals surface area contributed by atoms with Crippen molar-refractivity contribution in [3.05, 3.63) is 0 Å². The summed E-state index contributed by atoms with van der Waals surface area (Å²) in [6.07, 6.45) is -0.372. The Balaban J connectivity index is 3.82. The molecule has 2 unspecified atom stereocenters. The number of phosphoric acid groups is 1. The summed E-state index contributed by atoms with van der Waals surface area (Å²) in [5.74, 6) is -0.758. The summed E-state index contributed by atoms with van der Waals surface area (Å²) >= 11 is 0. The van der Waals surface area contributed by atoms with Crippen molar-refractivity contribution >= 4 is 19.7 Å². The Morgan fingerprint density at radius 1 is 1.29 bits per heavy atom. The maximum atomic E-state index is 11.4. The Bertz CT molecular complexity index is 375. The van der Waals surface area contributed by atoms with Gasteiger partial charge in [-0.25, -0.2) is 4.57 Å². The number of aliphatic hydroxyl groups is 1. The number of hydrogen-bond acceptors (Lipinski definition) is 7. The van der Waals surface area contributed by atoms with Crippen molar-refractivity contribution in [2.45, 2.75) is 32.8 Å². The molecule has 0 bridgehead atoms.